The van der Waals surface area contributed by atoms with Crippen molar-refractivity contribution in [1.29, 1.82) is 0 Å². The summed E-state index contributed by atoms with van der Waals surface area (Å²) in [6.07, 6.45) is 0.130. The van der Waals surface area contributed by atoms with Crippen molar-refractivity contribution in [3.8, 4) is 5.75 Å². The number of piperazine rings is 1. The Morgan fingerprint density at radius 3 is 2.33 bits per heavy atom. The molecule has 0 aromatic heterocycles. The Kier molecular flexibility index (Phi) is 5.26. The number of nitrogen functional groups attached to an aromatic ring is 1. The average Bonchev–Trinajstić information content (AvgIpc) is 2.58. The molecule has 1 aliphatic heterocycles. The SMILES string of the molecule is CC(C)Oc1cccc(N2CCN(Cc3ccccc3)CC2)c1N. The molecule has 2 aromatic carbocycles. The fourth-order valence-corrected chi connectivity index (χ4v) is 3.15. The number of ether oxygens (including phenoxy) is 1. The first-order chi connectivity index (χ1) is 11.6. The third-order valence-corrected chi connectivity index (χ3v) is 4.37. The van der Waals surface area contributed by atoms with Gasteiger partial charge in [-0.05, 0) is 31.5 Å². The molecule has 0 atom stereocenters. The van der Waals surface area contributed by atoms with E-state index in [-0.39, 0.29) is 6.10 Å². The summed E-state index contributed by atoms with van der Waals surface area (Å²) in [6, 6.07) is 16.7. The number of hydrogen-bond acceptors (Lipinski definition) is 4. The van der Waals surface area contributed by atoms with Gasteiger partial charge >= 0.3 is 0 Å². The van der Waals surface area contributed by atoms with Crippen molar-refractivity contribution in [2.45, 2.75) is 26.5 Å². The van der Waals surface area contributed by atoms with E-state index in [1.807, 2.05) is 26.0 Å². The second-order valence-corrected chi connectivity index (χ2v) is 6.60. The highest BCUT2D eigenvalue weighted by atomic mass is 16.5. The number of para-hydroxylation sites is 1. The largest absolute Gasteiger partial charge is 0.489 e. The van der Waals surface area contributed by atoms with Crippen LogP contribution in [0.5, 0.6) is 5.75 Å². The van der Waals surface area contributed by atoms with Crippen LogP contribution in [-0.4, -0.2) is 37.2 Å². The Labute approximate surface area is 144 Å². The highest BCUT2D eigenvalue weighted by Crippen LogP contribution is 2.33. The Hall–Kier alpha value is -2.20. The lowest BCUT2D eigenvalue weighted by Crippen LogP contribution is -2.46. The van der Waals surface area contributed by atoms with Gasteiger partial charge in [-0.2, -0.15) is 0 Å². The molecule has 24 heavy (non-hydrogen) atoms. The van der Waals surface area contributed by atoms with E-state index in [9.17, 15) is 0 Å². The van der Waals surface area contributed by atoms with Crippen molar-refractivity contribution in [2.75, 3.05) is 36.8 Å². The predicted octanol–water partition coefficient (Wildman–Crippen LogP) is 3.38. The van der Waals surface area contributed by atoms with Crippen molar-refractivity contribution in [1.82, 2.24) is 4.90 Å². The number of nitrogens with two attached hydrogens (primary N) is 1. The number of nitrogens with zero attached hydrogens (tertiary/aromatic N) is 2. The minimum absolute atomic E-state index is 0.130. The fraction of sp³-hybridized carbons (Fsp3) is 0.400. The summed E-state index contributed by atoms with van der Waals surface area (Å²) < 4.78 is 5.81. The van der Waals surface area contributed by atoms with Gasteiger partial charge in [0.1, 0.15) is 5.75 Å². The van der Waals surface area contributed by atoms with Gasteiger partial charge in [0.25, 0.3) is 0 Å². The Morgan fingerprint density at radius 1 is 0.958 bits per heavy atom. The number of anilines is 2. The summed E-state index contributed by atoms with van der Waals surface area (Å²) in [4.78, 5) is 4.86. The molecule has 1 aliphatic rings. The maximum Gasteiger partial charge on any atom is 0.144 e. The molecule has 3 rings (SSSR count). The van der Waals surface area contributed by atoms with Crippen molar-refractivity contribution in [3.05, 3.63) is 54.1 Å². The highest BCUT2D eigenvalue weighted by Gasteiger charge is 2.20. The Balaban J connectivity index is 1.62. The molecule has 0 radical (unpaired) electrons. The molecule has 1 saturated heterocycles. The number of hydrogen-bond donors (Lipinski definition) is 1. The second-order valence-electron chi connectivity index (χ2n) is 6.60. The molecular formula is C20H27N3O. The van der Waals surface area contributed by atoms with Gasteiger partial charge in [0, 0.05) is 32.7 Å². The summed E-state index contributed by atoms with van der Waals surface area (Å²) in [5, 5.41) is 0. The van der Waals surface area contributed by atoms with Crippen LogP contribution in [0, 0.1) is 0 Å². The van der Waals surface area contributed by atoms with Gasteiger partial charge < -0.3 is 15.4 Å². The van der Waals surface area contributed by atoms with Gasteiger partial charge in [-0.3, -0.25) is 4.90 Å². The first-order valence-corrected chi connectivity index (χ1v) is 8.70. The van der Waals surface area contributed by atoms with Gasteiger partial charge in [0.15, 0.2) is 0 Å². The number of rotatable bonds is 5. The van der Waals surface area contributed by atoms with Crippen molar-refractivity contribution in [2.24, 2.45) is 0 Å². The summed E-state index contributed by atoms with van der Waals surface area (Å²) >= 11 is 0. The lowest BCUT2D eigenvalue weighted by molar-refractivity contribution is 0.243. The Morgan fingerprint density at radius 2 is 1.67 bits per heavy atom. The molecule has 0 bridgehead atoms. The maximum absolute atomic E-state index is 6.34. The van der Waals surface area contributed by atoms with E-state index in [0.29, 0.717) is 0 Å². The molecular weight excluding hydrogens is 298 g/mol. The molecule has 1 heterocycles. The van der Waals surface area contributed by atoms with Crippen LogP contribution in [-0.2, 0) is 6.54 Å². The van der Waals surface area contributed by atoms with Crippen LogP contribution >= 0.6 is 0 Å². The number of benzene rings is 2. The van der Waals surface area contributed by atoms with Crippen molar-refractivity contribution < 1.29 is 4.74 Å². The first-order valence-electron chi connectivity index (χ1n) is 8.70. The molecule has 0 spiro atoms. The highest BCUT2D eigenvalue weighted by molar-refractivity contribution is 5.74. The minimum atomic E-state index is 0.130. The van der Waals surface area contributed by atoms with Gasteiger partial charge in [0.2, 0.25) is 0 Å². The molecule has 1 fully saturated rings. The molecule has 0 aliphatic carbocycles. The van der Waals surface area contributed by atoms with Crippen LogP contribution in [0.1, 0.15) is 19.4 Å². The van der Waals surface area contributed by atoms with Crippen LogP contribution in [0.2, 0.25) is 0 Å². The lowest BCUT2D eigenvalue weighted by Gasteiger charge is -2.36. The lowest BCUT2D eigenvalue weighted by atomic mass is 10.1. The van der Waals surface area contributed by atoms with Gasteiger partial charge in [-0.25, -0.2) is 0 Å². The Bertz CT molecular complexity index is 649. The molecule has 0 amide bonds. The topological polar surface area (TPSA) is 41.7 Å². The third kappa shape index (κ3) is 4.01. The summed E-state index contributed by atoms with van der Waals surface area (Å²) in [5.74, 6) is 0.786. The smallest absolute Gasteiger partial charge is 0.144 e. The van der Waals surface area contributed by atoms with Gasteiger partial charge in [-0.1, -0.05) is 36.4 Å². The van der Waals surface area contributed by atoms with Crippen LogP contribution in [0.4, 0.5) is 11.4 Å². The van der Waals surface area contributed by atoms with E-state index in [4.69, 9.17) is 10.5 Å². The minimum Gasteiger partial charge on any atom is -0.489 e. The van der Waals surface area contributed by atoms with E-state index in [1.54, 1.807) is 0 Å². The van der Waals surface area contributed by atoms with E-state index >= 15 is 0 Å². The molecule has 0 saturated carbocycles. The molecule has 2 N–H and O–H groups in total. The van der Waals surface area contributed by atoms with E-state index in [1.165, 1.54) is 5.56 Å². The molecule has 0 unspecified atom stereocenters. The van der Waals surface area contributed by atoms with Gasteiger partial charge in [-0.15, -0.1) is 0 Å². The van der Waals surface area contributed by atoms with Crippen LogP contribution in [0.25, 0.3) is 0 Å². The van der Waals surface area contributed by atoms with E-state index in [0.717, 1.165) is 49.8 Å². The maximum atomic E-state index is 6.34. The monoisotopic (exact) mass is 325 g/mol. The quantitative estimate of drug-likeness (QED) is 0.856. The zero-order chi connectivity index (χ0) is 16.9. The van der Waals surface area contributed by atoms with Crippen molar-refractivity contribution in [3.63, 3.8) is 0 Å². The average molecular weight is 325 g/mol. The van der Waals surface area contributed by atoms with Crippen LogP contribution in [0.15, 0.2) is 48.5 Å². The molecule has 128 valence electrons. The van der Waals surface area contributed by atoms with E-state index in [2.05, 4.69) is 46.2 Å². The fourth-order valence-electron chi connectivity index (χ4n) is 3.15. The molecule has 4 heteroatoms. The standard InChI is InChI=1S/C20H27N3O/c1-16(2)24-19-10-6-9-18(20(19)21)23-13-11-22(12-14-23)15-17-7-4-3-5-8-17/h3-10,16H,11-15,21H2,1-2H3. The third-order valence-electron chi connectivity index (χ3n) is 4.37. The molecule has 2 aromatic rings. The predicted molar refractivity (Wildman–Crippen MR) is 101 cm³/mol. The zero-order valence-electron chi connectivity index (χ0n) is 14.6. The second kappa shape index (κ2) is 7.58. The van der Waals surface area contributed by atoms with Crippen molar-refractivity contribution >= 4 is 11.4 Å². The van der Waals surface area contributed by atoms with Crippen LogP contribution < -0.4 is 15.4 Å². The van der Waals surface area contributed by atoms with Gasteiger partial charge in [0.05, 0.1) is 17.5 Å². The van der Waals surface area contributed by atoms with Crippen LogP contribution in [0.3, 0.4) is 0 Å². The zero-order valence-corrected chi connectivity index (χ0v) is 14.6. The van der Waals surface area contributed by atoms with E-state index < -0.39 is 0 Å². The summed E-state index contributed by atoms with van der Waals surface area (Å²) in [5.41, 5.74) is 9.56. The molecule has 4 nitrogen and oxygen atoms in total. The summed E-state index contributed by atoms with van der Waals surface area (Å²) in [7, 11) is 0. The summed E-state index contributed by atoms with van der Waals surface area (Å²) in [6.45, 7) is 9.13. The normalized spacial score (nSPS) is 15.7. The first kappa shape index (κ1) is 16.7.